The minimum Gasteiger partial charge on any atom is -0.384 e. The van der Waals surface area contributed by atoms with Gasteiger partial charge < -0.3 is 16.8 Å². The van der Waals surface area contributed by atoms with Gasteiger partial charge in [0.05, 0.1) is 6.20 Å². The largest absolute Gasteiger partial charge is 0.384 e. The van der Waals surface area contributed by atoms with Gasteiger partial charge in [0.15, 0.2) is 5.69 Å². The second-order valence-corrected chi connectivity index (χ2v) is 3.70. The average molecular weight is 247 g/mol. The molecule has 2 aromatic rings. The Morgan fingerprint density at radius 2 is 2.22 bits per heavy atom. The van der Waals surface area contributed by atoms with Crippen molar-refractivity contribution >= 4 is 17.5 Å². The number of nitrogen functional groups attached to an aromatic ring is 1. The van der Waals surface area contributed by atoms with E-state index in [0.717, 1.165) is 5.56 Å². The molecule has 0 aliphatic heterocycles. The summed E-state index contributed by atoms with van der Waals surface area (Å²) in [6.07, 6.45) is 1.67. The molecule has 0 unspecified atom stereocenters. The number of nitrogens with zero attached hydrogens (tertiary/aromatic N) is 4. The molecule has 18 heavy (non-hydrogen) atoms. The van der Waals surface area contributed by atoms with E-state index in [1.807, 2.05) is 0 Å². The quantitative estimate of drug-likeness (QED) is 0.669. The Bertz CT molecular complexity index is 560. The predicted molar refractivity (Wildman–Crippen MR) is 65.5 cm³/mol. The zero-order valence-corrected chi connectivity index (χ0v) is 9.79. The number of hydrogen-bond donors (Lipinski definition) is 3. The van der Waals surface area contributed by atoms with Crippen molar-refractivity contribution < 1.29 is 4.79 Å². The Morgan fingerprint density at radius 3 is 2.72 bits per heavy atom. The maximum absolute atomic E-state index is 10.8. The first kappa shape index (κ1) is 11.8. The van der Waals surface area contributed by atoms with E-state index in [1.165, 1.54) is 6.07 Å². The summed E-state index contributed by atoms with van der Waals surface area (Å²) in [5.41, 5.74) is 11.8. The summed E-state index contributed by atoms with van der Waals surface area (Å²) < 4.78 is 1.58. The fourth-order valence-corrected chi connectivity index (χ4v) is 1.37. The van der Waals surface area contributed by atoms with E-state index < -0.39 is 5.91 Å². The molecule has 0 radical (unpaired) electrons. The van der Waals surface area contributed by atoms with Gasteiger partial charge in [0, 0.05) is 19.2 Å². The topological polar surface area (TPSA) is 125 Å². The number of aryl methyl sites for hydroxylation is 1. The Kier molecular flexibility index (Phi) is 3.09. The van der Waals surface area contributed by atoms with E-state index in [9.17, 15) is 4.79 Å². The molecule has 0 bridgehead atoms. The molecule has 0 atom stereocenters. The fraction of sp³-hybridized carbons (Fsp3) is 0.200. The molecule has 5 N–H and O–H groups in total. The molecular weight excluding hydrogens is 234 g/mol. The second-order valence-electron chi connectivity index (χ2n) is 3.70. The standard InChI is InChI=1S/C10H13N7O/c1-17-9(11)6(5-14-17)4-13-8-3-2-7(10(12)18)15-16-8/h2-3,5H,4,11H2,1H3,(H2,12,18)(H,13,16). The van der Waals surface area contributed by atoms with Gasteiger partial charge in [0.1, 0.15) is 11.6 Å². The van der Waals surface area contributed by atoms with Crippen LogP contribution in [0.1, 0.15) is 16.1 Å². The predicted octanol–water partition coefficient (Wildman–Crippen LogP) is -0.497. The molecule has 2 heterocycles. The van der Waals surface area contributed by atoms with Crippen LogP contribution in [0, 0.1) is 0 Å². The van der Waals surface area contributed by atoms with Crippen LogP contribution in [0.25, 0.3) is 0 Å². The summed E-state index contributed by atoms with van der Waals surface area (Å²) in [6.45, 7) is 0.476. The third kappa shape index (κ3) is 2.37. The van der Waals surface area contributed by atoms with Crippen LogP contribution in [-0.4, -0.2) is 25.9 Å². The SMILES string of the molecule is Cn1ncc(CNc2ccc(C(N)=O)nn2)c1N. The molecule has 1 amide bonds. The lowest BCUT2D eigenvalue weighted by Crippen LogP contribution is -2.14. The summed E-state index contributed by atoms with van der Waals surface area (Å²) in [7, 11) is 1.76. The van der Waals surface area contributed by atoms with Crippen LogP contribution >= 0.6 is 0 Å². The Balaban J connectivity index is 2.02. The molecule has 94 valence electrons. The minimum absolute atomic E-state index is 0.126. The van der Waals surface area contributed by atoms with E-state index in [1.54, 1.807) is 24.0 Å². The summed E-state index contributed by atoms with van der Waals surface area (Å²) in [5.74, 6) is 0.512. The number of carbonyl (C=O) groups excluding carboxylic acids is 1. The lowest BCUT2D eigenvalue weighted by Gasteiger charge is -2.04. The van der Waals surface area contributed by atoms with Crippen LogP contribution in [0.15, 0.2) is 18.3 Å². The number of carbonyl (C=O) groups is 1. The highest BCUT2D eigenvalue weighted by atomic mass is 16.1. The van der Waals surface area contributed by atoms with Gasteiger partial charge in [-0.1, -0.05) is 0 Å². The Labute approximate surface area is 103 Å². The molecule has 0 saturated heterocycles. The van der Waals surface area contributed by atoms with Crippen molar-refractivity contribution in [3.63, 3.8) is 0 Å². The molecule has 8 heteroatoms. The molecule has 0 aromatic carbocycles. The van der Waals surface area contributed by atoms with E-state index in [2.05, 4.69) is 20.6 Å². The van der Waals surface area contributed by atoms with E-state index >= 15 is 0 Å². The molecule has 0 aliphatic carbocycles. The molecule has 0 spiro atoms. The van der Waals surface area contributed by atoms with Crippen molar-refractivity contribution in [1.82, 2.24) is 20.0 Å². The molecule has 0 saturated carbocycles. The average Bonchev–Trinajstić information content (AvgIpc) is 2.68. The van der Waals surface area contributed by atoms with Crippen molar-refractivity contribution in [3.8, 4) is 0 Å². The number of amides is 1. The van der Waals surface area contributed by atoms with Crippen molar-refractivity contribution in [2.75, 3.05) is 11.1 Å². The number of anilines is 2. The highest BCUT2D eigenvalue weighted by Crippen LogP contribution is 2.11. The summed E-state index contributed by atoms with van der Waals surface area (Å²) in [4.78, 5) is 10.8. The molecule has 2 rings (SSSR count). The number of hydrogen-bond acceptors (Lipinski definition) is 6. The molecule has 8 nitrogen and oxygen atoms in total. The van der Waals surface area contributed by atoms with Crippen molar-refractivity contribution in [2.24, 2.45) is 12.8 Å². The van der Waals surface area contributed by atoms with Crippen LogP contribution < -0.4 is 16.8 Å². The van der Waals surface area contributed by atoms with E-state index in [0.29, 0.717) is 18.2 Å². The number of nitrogens with two attached hydrogens (primary N) is 2. The van der Waals surface area contributed by atoms with Crippen molar-refractivity contribution in [1.29, 1.82) is 0 Å². The molecular formula is C10H13N7O. The van der Waals surface area contributed by atoms with Crippen LogP contribution in [0.3, 0.4) is 0 Å². The Hall–Kier alpha value is -2.64. The molecule has 0 aliphatic rings. The number of aromatic nitrogens is 4. The van der Waals surface area contributed by atoms with Gasteiger partial charge in [0.25, 0.3) is 5.91 Å². The first-order chi connectivity index (χ1) is 8.58. The number of rotatable bonds is 4. The number of primary amides is 1. The van der Waals surface area contributed by atoms with Crippen molar-refractivity contribution in [2.45, 2.75) is 6.54 Å². The van der Waals surface area contributed by atoms with E-state index in [-0.39, 0.29) is 5.69 Å². The van der Waals surface area contributed by atoms with Crippen LogP contribution in [0.5, 0.6) is 0 Å². The van der Waals surface area contributed by atoms with Gasteiger partial charge >= 0.3 is 0 Å². The van der Waals surface area contributed by atoms with Gasteiger partial charge in [-0.3, -0.25) is 9.48 Å². The first-order valence-corrected chi connectivity index (χ1v) is 5.21. The lowest BCUT2D eigenvalue weighted by atomic mass is 10.3. The maximum Gasteiger partial charge on any atom is 0.269 e. The highest BCUT2D eigenvalue weighted by molar-refractivity contribution is 5.90. The van der Waals surface area contributed by atoms with Crippen LogP contribution in [-0.2, 0) is 13.6 Å². The summed E-state index contributed by atoms with van der Waals surface area (Å²) in [6, 6.07) is 3.13. The van der Waals surface area contributed by atoms with Gasteiger partial charge in [-0.05, 0) is 12.1 Å². The van der Waals surface area contributed by atoms with Gasteiger partial charge in [-0.15, -0.1) is 10.2 Å². The zero-order valence-electron chi connectivity index (χ0n) is 9.79. The normalized spacial score (nSPS) is 10.3. The van der Waals surface area contributed by atoms with Crippen LogP contribution in [0.2, 0.25) is 0 Å². The smallest absolute Gasteiger partial charge is 0.269 e. The molecule has 0 fully saturated rings. The minimum atomic E-state index is -0.606. The Morgan fingerprint density at radius 1 is 1.44 bits per heavy atom. The highest BCUT2D eigenvalue weighted by Gasteiger charge is 2.06. The molecule has 2 aromatic heterocycles. The van der Waals surface area contributed by atoms with Gasteiger partial charge in [-0.25, -0.2) is 0 Å². The lowest BCUT2D eigenvalue weighted by molar-refractivity contribution is 0.0994. The second kappa shape index (κ2) is 4.70. The van der Waals surface area contributed by atoms with E-state index in [4.69, 9.17) is 11.5 Å². The first-order valence-electron chi connectivity index (χ1n) is 5.21. The third-order valence-electron chi connectivity index (χ3n) is 2.44. The van der Waals surface area contributed by atoms with Gasteiger partial charge in [-0.2, -0.15) is 5.10 Å². The summed E-state index contributed by atoms with van der Waals surface area (Å²) >= 11 is 0. The monoisotopic (exact) mass is 247 g/mol. The van der Waals surface area contributed by atoms with Gasteiger partial charge in [0.2, 0.25) is 0 Å². The van der Waals surface area contributed by atoms with Crippen molar-refractivity contribution in [3.05, 3.63) is 29.6 Å². The fourth-order valence-electron chi connectivity index (χ4n) is 1.37. The number of nitrogens with one attached hydrogen (secondary N) is 1. The summed E-state index contributed by atoms with van der Waals surface area (Å²) in [5, 5.41) is 14.5. The zero-order chi connectivity index (χ0) is 13.1. The van der Waals surface area contributed by atoms with Crippen LogP contribution in [0.4, 0.5) is 11.6 Å². The maximum atomic E-state index is 10.8. The third-order valence-corrected chi connectivity index (χ3v) is 2.44.